The zero-order valence-corrected chi connectivity index (χ0v) is 15.0. The van der Waals surface area contributed by atoms with Crippen LogP contribution in [0.15, 0.2) is 30.3 Å². The van der Waals surface area contributed by atoms with Gasteiger partial charge in [-0.25, -0.2) is 0 Å². The molecule has 2 heteroatoms. The van der Waals surface area contributed by atoms with Crippen LogP contribution in [0.3, 0.4) is 0 Å². The molecule has 1 N–H and O–H groups in total. The third kappa shape index (κ3) is 3.97. The van der Waals surface area contributed by atoms with E-state index >= 15 is 0 Å². The van der Waals surface area contributed by atoms with Gasteiger partial charge in [0.25, 0.3) is 0 Å². The van der Waals surface area contributed by atoms with Crippen LogP contribution in [0, 0.1) is 11.3 Å². The van der Waals surface area contributed by atoms with E-state index in [0.29, 0.717) is 17.4 Å². The lowest BCUT2D eigenvalue weighted by atomic mass is 9.69. The van der Waals surface area contributed by atoms with Gasteiger partial charge in [0.2, 0.25) is 0 Å². The number of aliphatic hydroxyl groups excluding tert-OH is 1. The second-order valence-corrected chi connectivity index (χ2v) is 8.73. The van der Waals surface area contributed by atoms with Crippen LogP contribution in [0.1, 0.15) is 64.4 Å². The van der Waals surface area contributed by atoms with Crippen molar-refractivity contribution >= 4 is 0 Å². The molecule has 0 aromatic heterocycles. The molecule has 23 heavy (non-hydrogen) atoms. The van der Waals surface area contributed by atoms with Crippen LogP contribution in [0.2, 0.25) is 0 Å². The van der Waals surface area contributed by atoms with E-state index in [0.717, 1.165) is 25.4 Å². The monoisotopic (exact) mass is 315 g/mol. The van der Waals surface area contributed by atoms with Gasteiger partial charge in [-0.15, -0.1) is 0 Å². The van der Waals surface area contributed by atoms with Gasteiger partial charge in [-0.05, 0) is 68.0 Å². The predicted octanol–water partition coefficient (Wildman–Crippen LogP) is 4.44. The van der Waals surface area contributed by atoms with Crippen LogP contribution in [0.4, 0.5) is 0 Å². The maximum absolute atomic E-state index is 10.5. The highest BCUT2D eigenvalue weighted by atomic mass is 16.3. The first-order valence-corrected chi connectivity index (χ1v) is 9.42. The minimum atomic E-state index is -0.123. The van der Waals surface area contributed by atoms with Gasteiger partial charge < -0.3 is 5.11 Å². The fourth-order valence-corrected chi connectivity index (χ4v) is 4.60. The molecular formula is C21H33NO. The van der Waals surface area contributed by atoms with Gasteiger partial charge in [0.1, 0.15) is 0 Å². The van der Waals surface area contributed by atoms with E-state index in [9.17, 15) is 5.11 Å². The SMILES string of the molecule is CC(C)(C)[C@@H]1CC[C@H](O)[C@@H](N2CCC(c3ccccc3)CC2)C1. The van der Waals surface area contributed by atoms with Crippen molar-refractivity contribution in [2.45, 2.75) is 70.9 Å². The Hall–Kier alpha value is -0.860. The van der Waals surface area contributed by atoms with Crippen molar-refractivity contribution in [3.63, 3.8) is 0 Å². The van der Waals surface area contributed by atoms with E-state index in [-0.39, 0.29) is 6.10 Å². The summed E-state index contributed by atoms with van der Waals surface area (Å²) < 4.78 is 0. The second-order valence-electron chi connectivity index (χ2n) is 8.73. The van der Waals surface area contributed by atoms with Crippen molar-refractivity contribution in [1.82, 2.24) is 4.90 Å². The molecular weight excluding hydrogens is 282 g/mol. The predicted molar refractivity (Wildman–Crippen MR) is 96.6 cm³/mol. The first-order chi connectivity index (χ1) is 10.9. The standard InChI is InChI=1S/C21H33NO/c1-21(2,3)18-9-10-20(23)19(15-18)22-13-11-17(12-14-22)16-7-5-4-6-8-16/h4-8,17-20,23H,9-15H2,1-3H3/t18-,19+,20+/m1/s1. The molecule has 0 amide bonds. The molecule has 3 rings (SSSR count). The lowest BCUT2D eigenvalue weighted by molar-refractivity contribution is -0.0250. The molecule has 1 aliphatic heterocycles. The number of hydrogen-bond acceptors (Lipinski definition) is 2. The average Bonchev–Trinajstić information content (AvgIpc) is 2.55. The summed E-state index contributed by atoms with van der Waals surface area (Å²) in [7, 11) is 0. The van der Waals surface area contributed by atoms with Crippen molar-refractivity contribution in [2.24, 2.45) is 11.3 Å². The molecule has 1 aliphatic carbocycles. The Morgan fingerprint density at radius 1 is 0.957 bits per heavy atom. The van der Waals surface area contributed by atoms with Crippen molar-refractivity contribution in [3.05, 3.63) is 35.9 Å². The fraction of sp³-hybridized carbons (Fsp3) is 0.714. The molecule has 2 fully saturated rings. The van der Waals surface area contributed by atoms with Crippen LogP contribution in [-0.4, -0.2) is 35.2 Å². The number of piperidine rings is 1. The molecule has 0 unspecified atom stereocenters. The zero-order chi connectivity index (χ0) is 16.4. The molecule has 0 spiro atoms. The highest BCUT2D eigenvalue weighted by molar-refractivity contribution is 5.20. The van der Waals surface area contributed by atoms with Crippen molar-refractivity contribution < 1.29 is 5.11 Å². The molecule has 1 saturated carbocycles. The number of aliphatic hydroxyl groups is 1. The highest BCUT2D eigenvalue weighted by Gasteiger charge is 2.38. The topological polar surface area (TPSA) is 23.5 Å². The fourth-order valence-electron chi connectivity index (χ4n) is 4.60. The van der Waals surface area contributed by atoms with E-state index in [2.05, 4.69) is 56.0 Å². The molecule has 3 atom stereocenters. The van der Waals surface area contributed by atoms with E-state index in [1.54, 1.807) is 0 Å². The van der Waals surface area contributed by atoms with Crippen LogP contribution in [0.25, 0.3) is 0 Å². The molecule has 2 aliphatic rings. The smallest absolute Gasteiger partial charge is 0.0695 e. The number of benzene rings is 1. The molecule has 128 valence electrons. The maximum Gasteiger partial charge on any atom is 0.0695 e. The summed E-state index contributed by atoms with van der Waals surface area (Å²) in [4.78, 5) is 2.59. The minimum absolute atomic E-state index is 0.123. The van der Waals surface area contributed by atoms with Gasteiger partial charge in [0.15, 0.2) is 0 Å². The summed E-state index contributed by atoms with van der Waals surface area (Å²) in [6.07, 6.45) is 5.66. The third-order valence-electron chi connectivity index (χ3n) is 6.28. The van der Waals surface area contributed by atoms with Gasteiger partial charge >= 0.3 is 0 Å². The van der Waals surface area contributed by atoms with Crippen molar-refractivity contribution in [2.75, 3.05) is 13.1 Å². The highest BCUT2D eigenvalue weighted by Crippen LogP contribution is 2.40. The summed E-state index contributed by atoms with van der Waals surface area (Å²) in [6.45, 7) is 9.34. The number of likely N-dealkylation sites (tertiary alicyclic amines) is 1. The van der Waals surface area contributed by atoms with Gasteiger partial charge in [-0.3, -0.25) is 4.90 Å². The summed E-state index contributed by atoms with van der Waals surface area (Å²) in [5.41, 5.74) is 1.85. The van der Waals surface area contributed by atoms with Gasteiger partial charge in [-0.2, -0.15) is 0 Å². The van der Waals surface area contributed by atoms with Crippen LogP contribution < -0.4 is 0 Å². The van der Waals surface area contributed by atoms with Crippen molar-refractivity contribution in [3.8, 4) is 0 Å². The Morgan fingerprint density at radius 2 is 1.61 bits per heavy atom. The quantitative estimate of drug-likeness (QED) is 0.872. The Labute approximate surface area is 141 Å². The van der Waals surface area contributed by atoms with E-state index in [1.807, 2.05) is 0 Å². The van der Waals surface area contributed by atoms with E-state index < -0.39 is 0 Å². The van der Waals surface area contributed by atoms with Gasteiger partial charge in [-0.1, -0.05) is 51.1 Å². The summed E-state index contributed by atoms with van der Waals surface area (Å²) in [6, 6.07) is 11.3. The normalized spacial score (nSPS) is 31.2. The van der Waals surface area contributed by atoms with Gasteiger partial charge in [0, 0.05) is 6.04 Å². The summed E-state index contributed by atoms with van der Waals surface area (Å²) >= 11 is 0. The first-order valence-electron chi connectivity index (χ1n) is 9.42. The Morgan fingerprint density at radius 3 is 2.22 bits per heavy atom. The Kier molecular flexibility index (Phi) is 5.13. The molecule has 1 heterocycles. The Balaban J connectivity index is 1.60. The average molecular weight is 316 g/mol. The minimum Gasteiger partial charge on any atom is -0.391 e. The van der Waals surface area contributed by atoms with Gasteiger partial charge in [0.05, 0.1) is 6.10 Å². The second kappa shape index (κ2) is 6.94. The Bertz CT molecular complexity index is 484. The lowest BCUT2D eigenvalue weighted by Gasteiger charge is -2.46. The van der Waals surface area contributed by atoms with Crippen LogP contribution in [-0.2, 0) is 0 Å². The number of hydrogen-bond donors (Lipinski definition) is 1. The number of nitrogens with zero attached hydrogens (tertiary/aromatic N) is 1. The van der Waals surface area contributed by atoms with Crippen LogP contribution in [0.5, 0.6) is 0 Å². The third-order valence-corrected chi connectivity index (χ3v) is 6.28. The molecule has 1 aromatic rings. The number of rotatable bonds is 2. The van der Waals surface area contributed by atoms with Crippen molar-refractivity contribution in [1.29, 1.82) is 0 Å². The lowest BCUT2D eigenvalue weighted by Crippen LogP contribution is -2.51. The zero-order valence-electron chi connectivity index (χ0n) is 15.0. The molecule has 0 radical (unpaired) electrons. The molecule has 0 bridgehead atoms. The molecule has 1 aromatic carbocycles. The van der Waals surface area contributed by atoms with Crippen LogP contribution >= 0.6 is 0 Å². The maximum atomic E-state index is 10.5. The summed E-state index contributed by atoms with van der Waals surface area (Å²) in [5.74, 6) is 1.44. The first kappa shape index (κ1) is 17.0. The molecule has 1 saturated heterocycles. The summed E-state index contributed by atoms with van der Waals surface area (Å²) in [5, 5.41) is 10.5. The van der Waals surface area contributed by atoms with E-state index in [4.69, 9.17) is 0 Å². The largest absolute Gasteiger partial charge is 0.391 e. The molecule has 2 nitrogen and oxygen atoms in total. The van der Waals surface area contributed by atoms with E-state index in [1.165, 1.54) is 31.2 Å².